The minimum atomic E-state index is -3.47. The first-order chi connectivity index (χ1) is 8.08. The standard InChI is InChI=1S/C9H12N4O2S2/c1-7-6-16-8(12-7)2-5-11-17(14,15)9-3-4-10-13-9/h3-4,6,11H,2,5H2,1H3,(H,10,13). The summed E-state index contributed by atoms with van der Waals surface area (Å²) < 4.78 is 25.9. The number of hydrogen-bond donors (Lipinski definition) is 2. The fourth-order valence-corrected chi connectivity index (χ4v) is 3.00. The third-order valence-corrected chi connectivity index (χ3v) is 4.48. The second-order valence-corrected chi connectivity index (χ2v) is 6.13. The molecule has 0 fully saturated rings. The fourth-order valence-electron chi connectivity index (χ4n) is 1.28. The van der Waals surface area contributed by atoms with Crippen LogP contribution in [0.25, 0.3) is 0 Å². The van der Waals surface area contributed by atoms with Crippen molar-refractivity contribution in [3.8, 4) is 0 Å². The van der Waals surface area contributed by atoms with Gasteiger partial charge in [-0.05, 0) is 13.0 Å². The molecule has 0 saturated heterocycles. The summed E-state index contributed by atoms with van der Waals surface area (Å²) in [6.45, 7) is 2.24. The first-order valence-electron chi connectivity index (χ1n) is 4.98. The number of H-pyrrole nitrogens is 1. The summed E-state index contributed by atoms with van der Waals surface area (Å²) in [6.07, 6.45) is 1.99. The van der Waals surface area contributed by atoms with E-state index in [1.807, 2.05) is 12.3 Å². The second-order valence-electron chi connectivity index (χ2n) is 3.45. The highest BCUT2D eigenvalue weighted by atomic mass is 32.2. The summed E-state index contributed by atoms with van der Waals surface area (Å²) in [6, 6.07) is 1.41. The second kappa shape index (κ2) is 4.94. The zero-order chi connectivity index (χ0) is 12.3. The molecule has 8 heteroatoms. The lowest BCUT2D eigenvalue weighted by Gasteiger charge is -2.02. The van der Waals surface area contributed by atoms with Crippen molar-refractivity contribution in [2.75, 3.05) is 6.54 Å². The van der Waals surface area contributed by atoms with Crippen LogP contribution >= 0.6 is 11.3 Å². The Morgan fingerprint density at radius 3 is 2.94 bits per heavy atom. The molecule has 0 atom stereocenters. The quantitative estimate of drug-likeness (QED) is 0.838. The van der Waals surface area contributed by atoms with E-state index in [9.17, 15) is 8.42 Å². The molecule has 17 heavy (non-hydrogen) atoms. The van der Waals surface area contributed by atoms with E-state index in [4.69, 9.17) is 0 Å². The normalized spacial score (nSPS) is 11.8. The minimum Gasteiger partial charge on any atom is -0.266 e. The van der Waals surface area contributed by atoms with Crippen molar-refractivity contribution in [3.05, 3.63) is 28.3 Å². The van der Waals surface area contributed by atoms with Crippen molar-refractivity contribution in [1.82, 2.24) is 19.9 Å². The predicted octanol–water partition coefficient (Wildman–Crippen LogP) is 0.696. The molecular formula is C9H12N4O2S2. The molecule has 0 aliphatic heterocycles. The lowest BCUT2D eigenvalue weighted by Crippen LogP contribution is -2.26. The topological polar surface area (TPSA) is 87.7 Å². The van der Waals surface area contributed by atoms with Gasteiger partial charge in [0.25, 0.3) is 10.0 Å². The number of hydrogen-bond acceptors (Lipinski definition) is 5. The Bertz CT molecular complexity index is 574. The van der Waals surface area contributed by atoms with Crippen molar-refractivity contribution in [3.63, 3.8) is 0 Å². The van der Waals surface area contributed by atoms with Crippen LogP contribution in [-0.2, 0) is 16.4 Å². The van der Waals surface area contributed by atoms with Crippen LogP contribution in [0.15, 0.2) is 22.7 Å². The van der Waals surface area contributed by atoms with Crippen LogP contribution in [0.3, 0.4) is 0 Å². The van der Waals surface area contributed by atoms with Crippen molar-refractivity contribution >= 4 is 21.4 Å². The molecule has 0 aliphatic carbocycles. The Labute approximate surface area is 103 Å². The van der Waals surface area contributed by atoms with Crippen molar-refractivity contribution < 1.29 is 8.42 Å². The minimum absolute atomic E-state index is 0.0767. The van der Waals surface area contributed by atoms with Crippen LogP contribution in [0.5, 0.6) is 0 Å². The third-order valence-electron chi connectivity index (χ3n) is 2.06. The average Bonchev–Trinajstić information content (AvgIpc) is 2.89. The monoisotopic (exact) mass is 272 g/mol. The van der Waals surface area contributed by atoms with E-state index < -0.39 is 10.0 Å². The molecule has 0 aliphatic rings. The molecule has 0 amide bonds. The van der Waals surface area contributed by atoms with Gasteiger partial charge in [0.05, 0.1) is 11.2 Å². The smallest absolute Gasteiger partial charge is 0.257 e. The molecule has 0 unspecified atom stereocenters. The maximum Gasteiger partial charge on any atom is 0.257 e. The first kappa shape index (κ1) is 12.2. The highest BCUT2D eigenvalue weighted by Gasteiger charge is 2.14. The first-order valence-corrected chi connectivity index (χ1v) is 7.34. The molecule has 2 aromatic rings. The Balaban J connectivity index is 1.91. The molecule has 0 spiro atoms. The van der Waals surface area contributed by atoms with Gasteiger partial charge in [0, 0.05) is 24.0 Å². The summed E-state index contributed by atoms with van der Waals surface area (Å²) >= 11 is 1.53. The van der Waals surface area contributed by atoms with Gasteiger partial charge in [0.15, 0.2) is 5.03 Å². The Hall–Kier alpha value is -1.25. The van der Waals surface area contributed by atoms with Crippen molar-refractivity contribution in [1.29, 1.82) is 0 Å². The summed E-state index contributed by atoms with van der Waals surface area (Å²) in [7, 11) is -3.47. The maximum atomic E-state index is 11.7. The number of rotatable bonds is 5. The van der Waals surface area contributed by atoms with Crippen LogP contribution in [0.1, 0.15) is 10.7 Å². The van der Waals surface area contributed by atoms with Gasteiger partial charge in [-0.15, -0.1) is 11.3 Å². The Kier molecular flexibility index (Phi) is 3.55. The van der Waals surface area contributed by atoms with E-state index in [-0.39, 0.29) is 5.03 Å². The highest BCUT2D eigenvalue weighted by Crippen LogP contribution is 2.09. The van der Waals surface area contributed by atoms with Gasteiger partial charge in [-0.3, -0.25) is 5.10 Å². The van der Waals surface area contributed by atoms with E-state index in [1.165, 1.54) is 23.6 Å². The number of aromatic amines is 1. The van der Waals surface area contributed by atoms with E-state index >= 15 is 0 Å². The summed E-state index contributed by atoms with van der Waals surface area (Å²) in [5.41, 5.74) is 0.960. The summed E-state index contributed by atoms with van der Waals surface area (Å²) in [4.78, 5) is 4.26. The predicted molar refractivity (Wildman–Crippen MR) is 64.3 cm³/mol. The van der Waals surface area contributed by atoms with Gasteiger partial charge in [0.2, 0.25) is 0 Å². The lowest BCUT2D eigenvalue weighted by molar-refractivity contribution is 0.577. The van der Waals surface area contributed by atoms with Crippen LogP contribution in [-0.4, -0.2) is 30.1 Å². The van der Waals surface area contributed by atoms with Crippen LogP contribution in [0.2, 0.25) is 0 Å². The van der Waals surface area contributed by atoms with Gasteiger partial charge < -0.3 is 0 Å². The van der Waals surface area contributed by atoms with E-state index in [0.717, 1.165) is 10.7 Å². The molecule has 2 N–H and O–H groups in total. The van der Waals surface area contributed by atoms with E-state index in [1.54, 1.807) is 0 Å². The molecular weight excluding hydrogens is 260 g/mol. The Morgan fingerprint density at radius 1 is 1.53 bits per heavy atom. The third kappa shape index (κ3) is 3.11. The van der Waals surface area contributed by atoms with Crippen molar-refractivity contribution in [2.24, 2.45) is 0 Å². The number of nitrogens with zero attached hydrogens (tertiary/aromatic N) is 2. The SMILES string of the molecule is Cc1csc(CCNS(=O)(=O)c2ccn[nH]2)n1. The molecule has 92 valence electrons. The van der Waals surface area contributed by atoms with Crippen LogP contribution < -0.4 is 4.72 Å². The fraction of sp³-hybridized carbons (Fsp3) is 0.333. The van der Waals surface area contributed by atoms with E-state index in [2.05, 4.69) is 19.9 Å². The summed E-state index contributed by atoms with van der Waals surface area (Å²) in [5, 5.41) is 8.97. The molecule has 2 heterocycles. The van der Waals surface area contributed by atoms with Gasteiger partial charge in [-0.1, -0.05) is 0 Å². The molecule has 0 saturated carbocycles. The molecule has 6 nitrogen and oxygen atoms in total. The zero-order valence-corrected chi connectivity index (χ0v) is 10.8. The van der Waals surface area contributed by atoms with Gasteiger partial charge in [0.1, 0.15) is 0 Å². The lowest BCUT2D eigenvalue weighted by atomic mass is 10.4. The maximum absolute atomic E-state index is 11.7. The molecule has 0 aromatic carbocycles. The van der Waals surface area contributed by atoms with Gasteiger partial charge in [-0.2, -0.15) is 5.10 Å². The zero-order valence-electron chi connectivity index (χ0n) is 9.17. The van der Waals surface area contributed by atoms with Gasteiger partial charge >= 0.3 is 0 Å². The van der Waals surface area contributed by atoms with Crippen LogP contribution in [0, 0.1) is 6.92 Å². The molecule has 2 aromatic heterocycles. The number of thiazole rings is 1. The van der Waals surface area contributed by atoms with Crippen LogP contribution in [0.4, 0.5) is 0 Å². The van der Waals surface area contributed by atoms with Crippen molar-refractivity contribution in [2.45, 2.75) is 18.4 Å². The van der Waals surface area contributed by atoms with Gasteiger partial charge in [-0.25, -0.2) is 18.1 Å². The molecule has 0 radical (unpaired) electrons. The highest BCUT2D eigenvalue weighted by molar-refractivity contribution is 7.89. The molecule has 0 bridgehead atoms. The largest absolute Gasteiger partial charge is 0.266 e. The number of aromatic nitrogens is 3. The van der Waals surface area contributed by atoms with E-state index in [0.29, 0.717) is 13.0 Å². The average molecular weight is 272 g/mol. The molecule has 2 rings (SSSR count). The number of nitrogens with one attached hydrogen (secondary N) is 2. The number of sulfonamides is 1. The number of aryl methyl sites for hydroxylation is 1. The Morgan fingerprint density at radius 2 is 2.35 bits per heavy atom. The summed E-state index contributed by atoms with van der Waals surface area (Å²) in [5.74, 6) is 0.